The first-order valence-electron chi connectivity index (χ1n) is 7.61. The number of nitrogens with zero attached hydrogens (tertiary/aromatic N) is 3. The summed E-state index contributed by atoms with van der Waals surface area (Å²) in [6.07, 6.45) is 0. The Morgan fingerprint density at radius 3 is 2.62 bits per heavy atom. The lowest BCUT2D eigenvalue weighted by Gasteiger charge is -2.05. The maximum Gasteiger partial charge on any atom is 0.358 e. The number of ketones is 1. The van der Waals surface area contributed by atoms with E-state index in [4.69, 9.17) is 4.74 Å². The molecule has 0 fully saturated rings. The fourth-order valence-electron chi connectivity index (χ4n) is 2.14. The second kappa shape index (κ2) is 7.99. The third-order valence-electron chi connectivity index (χ3n) is 3.41. The molecule has 0 bridgehead atoms. The van der Waals surface area contributed by atoms with Crippen molar-refractivity contribution in [2.24, 2.45) is 0 Å². The van der Waals surface area contributed by atoms with Gasteiger partial charge in [-0.2, -0.15) is 5.26 Å². The van der Waals surface area contributed by atoms with Gasteiger partial charge in [0.25, 0.3) is 0 Å². The average molecular weight is 383 g/mol. The Hall–Kier alpha value is -2.89. The molecule has 3 aromatic rings. The van der Waals surface area contributed by atoms with Gasteiger partial charge in [-0.1, -0.05) is 30.3 Å². The van der Waals surface area contributed by atoms with Gasteiger partial charge >= 0.3 is 5.97 Å². The normalized spacial score (nSPS) is 11.5. The molecule has 0 radical (unpaired) electrons. The molecule has 0 N–H and O–H groups in total. The highest BCUT2D eigenvalue weighted by Crippen LogP contribution is 2.24. The van der Waals surface area contributed by atoms with E-state index >= 15 is 0 Å². The molecule has 0 aliphatic heterocycles. The number of rotatable bonds is 6. The maximum absolute atomic E-state index is 12.2. The number of hydrogen-bond acceptors (Lipinski definition) is 8. The standard InChI is InChI=1S/C18H13N3O3S2/c1-11-9-25-17(20-11)13(7-19)15(22)8-24-18(23)14-10-26-16(21-14)12-5-3-2-4-6-12/h2-6,9-10,13H,8H2,1H3/t13-/m1/s1. The number of carbonyl (C=O) groups excluding carboxylic acids is 2. The summed E-state index contributed by atoms with van der Waals surface area (Å²) >= 11 is 2.55. The van der Waals surface area contributed by atoms with E-state index in [1.165, 1.54) is 22.7 Å². The maximum atomic E-state index is 12.2. The largest absolute Gasteiger partial charge is 0.453 e. The van der Waals surface area contributed by atoms with Crippen molar-refractivity contribution >= 4 is 34.4 Å². The number of aryl methyl sites for hydroxylation is 1. The smallest absolute Gasteiger partial charge is 0.358 e. The van der Waals surface area contributed by atoms with Crippen molar-refractivity contribution in [2.75, 3.05) is 6.61 Å². The highest BCUT2D eigenvalue weighted by atomic mass is 32.1. The summed E-state index contributed by atoms with van der Waals surface area (Å²) in [5.41, 5.74) is 1.78. The summed E-state index contributed by atoms with van der Waals surface area (Å²) in [5, 5.41) is 13.7. The molecule has 0 aliphatic rings. The summed E-state index contributed by atoms with van der Waals surface area (Å²) in [4.78, 5) is 32.7. The van der Waals surface area contributed by atoms with Crippen LogP contribution in [0.2, 0.25) is 0 Å². The molecule has 1 atom stereocenters. The van der Waals surface area contributed by atoms with Crippen LogP contribution in [-0.4, -0.2) is 28.3 Å². The van der Waals surface area contributed by atoms with Crippen LogP contribution >= 0.6 is 22.7 Å². The summed E-state index contributed by atoms with van der Waals surface area (Å²) < 4.78 is 5.03. The lowest BCUT2D eigenvalue weighted by molar-refractivity contribution is -0.122. The van der Waals surface area contributed by atoms with Crippen LogP contribution in [0.15, 0.2) is 41.1 Å². The van der Waals surface area contributed by atoms with Crippen molar-refractivity contribution in [1.29, 1.82) is 5.26 Å². The minimum absolute atomic E-state index is 0.139. The summed E-state index contributed by atoms with van der Waals surface area (Å²) in [5.74, 6) is -2.23. The fourth-order valence-corrected chi connectivity index (χ4v) is 3.80. The fraction of sp³-hybridized carbons (Fsp3) is 0.167. The molecular weight excluding hydrogens is 370 g/mol. The molecule has 2 aromatic heterocycles. The van der Waals surface area contributed by atoms with Gasteiger partial charge in [-0.3, -0.25) is 4.79 Å². The van der Waals surface area contributed by atoms with E-state index in [9.17, 15) is 14.9 Å². The lowest BCUT2D eigenvalue weighted by Crippen LogP contribution is -2.20. The Morgan fingerprint density at radius 2 is 1.96 bits per heavy atom. The van der Waals surface area contributed by atoms with E-state index in [0.717, 1.165) is 11.3 Å². The quantitative estimate of drug-likeness (QED) is 0.604. The van der Waals surface area contributed by atoms with Gasteiger partial charge in [-0.25, -0.2) is 14.8 Å². The third kappa shape index (κ3) is 4.02. The van der Waals surface area contributed by atoms with Crippen LogP contribution in [0.1, 0.15) is 27.1 Å². The Morgan fingerprint density at radius 1 is 1.19 bits per heavy atom. The van der Waals surface area contributed by atoms with Crippen molar-refractivity contribution in [3.8, 4) is 16.6 Å². The molecule has 26 heavy (non-hydrogen) atoms. The van der Waals surface area contributed by atoms with Gasteiger partial charge in [0.1, 0.15) is 10.0 Å². The number of nitriles is 1. The molecule has 130 valence electrons. The first kappa shape index (κ1) is 17.9. The van der Waals surface area contributed by atoms with E-state index in [-0.39, 0.29) is 5.69 Å². The SMILES string of the molecule is Cc1csc([C@H](C#N)C(=O)COC(=O)c2csc(-c3ccccc3)n2)n1. The molecule has 0 spiro atoms. The number of aromatic nitrogens is 2. The number of esters is 1. The van der Waals surface area contributed by atoms with Gasteiger partial charge in [-0.15, -0.1) is 22.7 Å². The first-order valence-corrected chi connectivity index (χ1v) is 9.37. The topological polar surface area (TPSA) is 92.9 Å². The zero-order valence-corrected chi connectivity index (χ0v) is 15.3. The average Bonchev–Trinajstić information content (AvgIpc) is 3.31. The molecule has 3 rings (SSSR count). The Labute approximate surface area is 157 Å². The Kier molecular flexibility index (Phi) is 5.51. The van der Waals surface area contributed by atoms with E-state index in [2.05, 4.69) is 9.97 Å². The molecule has 0 amide bonds. The Bertz CT molecular complexity index is 973. The lowest BCUT2D eigenvalue weighted by atomic mass is 10.1. The predicted octanol–water partition coefficient (Wildman–Crippen LogP) is 3.61. The molecule has 2 heterocycles. The number of thiazole rings is 2. The van der Waals surface area contributed by atoms with Crippen molar-refractivity contribution in [3.05, 3.63) is 57.5 Å². The van der Waals surface area contributed by atoms with Crippen LogP contribution in [0, 0.1) is 18.3 Å². The molecule has 6 nitrogen and oxygen atoms in total. The van der Waals surface area contributed by atoms with Gasteiger partial charge in [0.15, 0.2) is 24.0 Å². The summed E-state index contributed by atoms with van der Waals surface area (Å²) in [6.45, 7) is 1.29. The highest BCUT2D eigenvalue weighted by molar-refractivity contribution is 7.13. The number of Topliss-reactive ketones (excluding diaryl/α,β-unsaturated/α-hetero) is 1. The minimum atomic E-state index is -1.03. The van der Waals surface area contributed by atoms with Crippen molar-refractivity contribution < 1.29 is 14.3 Å². The minimum Gasteiger partial charge on any atom is -0.453 e. The van der Waals surface area contributed by atoms with Crippen molar-refractivity contribution in [3.63, 3.8) is 0 Å². The zero-order valence-electron chi connectivity index (χ0n) is 13.7. The predicted molar refractivity (Wildman–Crippen MR) is 98.0 cm³/mol. The number of hydrogen-bond donors (Lipinski definition) is 0. The highest BCUT2D eigenvalue weighted by Gasteiger charge is 2.25. The van der Waals surface area contributed by atoms with Gasteiger partial charge < -0.3 is 4.74 Å². The molecule has 0 unspecified atom stereocenters. The first-order chi connectivity index (χ1) is 12.6. The van der Waals surface area contributed by atoms with Gasteiger partial charge in [0, 0.05) is 22.0 Å². The number of ether oxygens (including phenoxy) is 1. The van der Waals surface area contributed by atoms with Gasteiger partial charge in [0.2, 0.25) is 0 Å². The van der Waals surface area contributed by atoms with E-state index in [1.54, 1.807) is 17.7 Å². The molecule has 0 saturated carbocycles. The van der Waals surface area contributed by atoms with Crippen LogP contribution in [0.5, 0.6) is 0 Å². The summed E-state index contributed by atoms with van der Waals surface area (Å²) in [6, 6.07) is 11.4. The van der Waals surface area contributed by atoms with Crippen LogP contribution in [-0.2, 0) is 9.53 Å². The third-order valence-corrected chi connectivity index (χ3v) is 5.33. The van der Waals surface area contributed by atoms with Crippen LogP contribution in [0.3, 0.4) is 0 Å². The number of benzene rings is 1. The second-order valence-electron chi connectivity index (χ2n) is 5.34. The molecule has 0 saturated heterocycles. The van der Waals surface area contributed by atoms with Gasteiger partial charge in [-0.05, 0) is 6.92 Å². The van der Waals surface area contributed by atoms with E-state index < -0.39 is 24.3 Å². The van der Waals surface area contributed by atoms with Crippen LogP contribution in [0.4, 0.5) is 0 Å². The van der Waals surface area contributed by atoms with Crippen LogP contribution in [0.25, 0.3) is 10.6 Å². The number of carbonyl (C=O) groups is 2. The monoisotopic (exact) mass is 383 g/mol. The van der Waals surface area contributed by atoms with Crippen molar-refractivity contribution in [2.45, 2.75) is 12.8 Å². The van der Waals surface area contributed by atoms with Crippen LogP contribution < -0.4 is 0 Å². The van der Waals surface area contributed by atoms with Crippen molar-refractivity contribution in [1.82, 2.24) is 9.97 Å². The van der Waals surface area contributed by atoms with Gasteiger partial charge in [0.05, 0.1) is 6.07 Å². The molecule has 1 aromatic carbocycles. The summed E-state index contributed by atoms with van der Waals surface area (Å²) in [7, 11) is 0. The van der Waals surface area contributed by atoms with E-state index in [0.29, 0.717) is 10.0 Å². The molecule has 8 heteroatoms. The Balaban J connectivity index is 1.63. The molecule has 0 aliphatic carbocycles. The zero-order chi connectivity index (χ0) is 18.5. The van der Waals surface area contributed by atoms with E-state index in [1.807, 2.05) is 36.4 Å². The molecular formula is C18H13N3O3S2. The second-order valence-corrected chi connectivity index (χ2v) is 7.08.